The molecule has 0 fully saturated rings. The second kappa shape index (κ2) is 6.15. The molecule has 0 aliphatic rings. The van der Waals surface area contributed by atoms with Crippen LogP contribution in [0.15, 0.2) is 24.3 Å². The van der Waals surface area contributed by atoms with Crippen molar-refractivity contribution in [3.05, 3.63) is 34.7 Å². The molecular weight excluding hydrogens is 230 g/mol. The maximum Gasteiger partial charge on any atom is 0.0734 e. The quantitative estimate of drug-likeness (QED) is 0.845. The Morgan fingerprint density at radius 1 is 1.24 bits per heavy atom. The summed E-state index contributed by atoms with van der Waals surface area (Å²) in [5.41, 5.74) is 1.36. The molecule has 0 unspecified atom stereocenters. The number of hydrogen-bond acceptors (Lipinski definition) is 3. The third-order valence-electron chi connectivity index (χ3n) is 2.77. The average molecular weight is 249 g/mol. The molecule has 92 valence electrons. The Kier molecular flexibility index (Phi) is 4.54. The van der Waals surface area contributed by atoms with Gasteiger partial charge in [-0.1, -0.05) is 25.1 Å². The number of ether oxygens (including phenoxy) is 1. The van der Waals surface area contributed by atoms with Gasteiger partial charge in [0, 0.05) is 28.3 Å². The van der Waals surface area contributed by atoms with E-state index in [4.69, 9.17) is 4.74 Å². The van der Waals surface area contributed by atoms with Crippen LogP contribution in [-0.4, -0.2) is 13.2 Å². The second-order valence-corrected chi connectivity index (χ2v) is 5.05. The molecule has 0 bridgehead atoms. The van der Waals surface area contributed by atoms with Crippen molar-refractivity contribution < 1.29 is 4.74 Å². The van der Waals surface area contributed by atoms with Crippen LogP contribution < -0.4 is 5.32 Å². The van der Waals surface area contributed by atoms with Crippen molar-refractivity contribution in [3.8, 4) is 0 Å². The molecule has 2 nitrogen and oxygen atoms in total. The lowest BCUT2D eigenvalue weighted by Crippen LogP contribution is -2.12. The lowest BCUT2D eigenvalue weighted by Gasteiger charge is -2.05. The zero-order valence-corrected chi connectivity index (χ0v) is 11.3. The van der Waals surface area contributed by atoms with Crippen molar-refractivity contribution in [3.63, 3.8) is 0 Å². The molecule has 0 spiro atoms. The molecule has 0 aliphatic carbocycles. The average Bonchev–Trinajstić information content (AvgIpc) is 2.71. The Hall–Kier alpha value is -0.900. The van der Waals surface area contributed by atoms with Crippen LogP contribution in [0.1, 0.15) is 24.3 Å². The monoisotopic (exact) mass is 249 g/mol. The Morgan fingerprint density at radius 3 is 2.82 bits per heavy atom. The van der Waals surface area contributed by atoms with Gasteiger partial charge in [-0.2, -0.15) is 0 Å². The van der Waals surface area contributed by atoms with Crippen LogP contribution in [0.2, 0.25) is 0 Å². The zero-order chi connectivity index (χ0) is 12.1. The molecule has 1 heterocycles. The number of rotatable bonds is 6. The predicted molar refractivity (Wildman–Crippen MR) is 74.5 cm³/mol. The third-order valence-corrected chi connectivity index (χ3v) is 3.98. The van der Waals surface area contributed by atoms with E-state index >= 15 is 0 Å². The Labute approximate surface area is 107 Å². The van der Waals surface area contributed by atoms with E-state index < -0.39 is 0 Å². The SMILES string of the molecule is CCNCc1sc2ccccc2c1COCC. The largest absolute Gasteiger partial charge is 0.377 e. The molecule has 0 amide bonds. The van der Waals surface area contributed by atoms with Gasteiger partial charge in [0.2, 0.25) is 0 Å². The van der Waals surface area contributed by atoms with E-state index in [-0.39, 0.29) is 0 Å². The van der Waals surface area contributed by atoms with Crippen molar-refractivity contribution in [2.75, 3.05) is 13.2 Å². The molecule has 17 heavy (non-hydrogen) atoms. The minimum Gasteiger partial charge on any atom is -0.377 e. The molecule has 0 radical (unpaired) electrons. The van der Waals surface area contributed by atoms with Crippen LogP contribution in [-0.2, 0) is 17.9 Å². The molecule has 1 aromatic carbocycles. The van der Waals surface area contributed by atoms with Crippen LogP contribution in [0.4, 0.5) is 0 Å². The summed E-state index contributed by atoms with van der Waals surface area (Å²) in [7, 11) is 0. The molecule has 0 saturated heterocycles. The summed E-state index contributed by atoms with van der Waals surface area (Å²) < 4.78 is 6.94. The minimum absolute atomic E-state index is 0.723. The van der Waals surface area contributed by atoms with Crippen molar-refractivity contribution in [2.24, 2.45) is 0 Å². The zero-order valence-electron chi connectivity index (χ0n) is 10.5. The maximum atomic E-state index is 5.59. The molecule has 3 heteroatoms. The fourth-order valence-electron chi connectivity index (χ4n) is 1.89. The van der Waals surface area contributed by atoms with E-state index in [1.165, 1.54) is 20.5 Å². The summed E-state index contributed by atoms with van der Waals surface area (Å²) in [5.74, 6) is 0. The van der Waals surface area contributed by atoms with Gasteiger partial charge in [-0.15, -0.1) is 11.3 Å². The summed E-state index contributed by atoms with van der Waals surface area (Å²) >= 11 is 1.87. The second-order valence-electron chi connectivity index (χ2n) is 3.92. The van der Waals surface area contributed by atoms with Gasteiger partial charge in [0.1, 0.15) is 0 Å². The first-order chi connectivity index (χ1) is 8.36. The molecule has 0 atom stereocenters. The van der Waals surface area contributed by atoms with Crippen molar-refractivity contribution in [1.29, 1.82) is 0 Å². The maximum absolute atomic E-state index is 5.59. The van der Waals surface area contributed by atoms with Gasteiger partial charge >= 0.3 is 0 Å². The number of fused-ring (bicyclic) bond motifs is 1. The summed E-state index contributed by atoms with van der Waals surface area (Å²) in [5, 5.41) is 4.74. The first-order valence-electron chi connectivity index (χ1n) is 6.14. The molecule has 2 aromatic rings. The Balaban J connectivity index is 2.34. The predicted octanol–water partition coefficient (Wildman–Crippen LogP) is 3.55. The van der Waals surface area contributed by atoms with Crippen LogP contribution >= 0.6 is 11.3 Å². The lowest BCUT2D eigenvalue weighted by molar-refractivity contribution is 0.134. The first kappa shape index (κ1) is 12.6. The molecule has 1 N–H and O–H groups in total. The molecular formula is C14H19NOS. The molecule has 0 saturated carbocycles. The number of thiophene rings is 1. The highest BCUT2D eigenvalue weighted by atomic mass is 32.1. The number of nitrogens with one attached hydrogen (secondary N) is 1. The highest BCUT2D eigenvalue weighted by molar-refractivity contribution is 7.19. The summed E-state index contributed by atoms with van der Waals surface area (Å²) in [4.78, 5) is 1.40. The molecule has 1 aromatic heterocycles. The van der Waals surface area contributed by atoms with E-state index in [2.05, 4.69) is 36.5 Å². The van der Waals surface area contributed by atoms with Crippen molar-refractivity contribution in [1.82, 2.24) is 5.32 Å². The first-order valence-corrected chi connectivity index (χ1v) is 6.96. The number of benzene rings is 1. The normalized spacial score (nSPS) is 11.2. The van der Waals surface area contributed by atoms with Gasteiger partial charge in [0.15, 0.2) is 0 Å². The van der Waals surface area contributed by atoms with Gasteiger partial charge in [0.25, 0.3) is 0 Å². The van der Waals surface area contributed by atoms with E-state index in [0.29, 0.717) is 0 Å². The van der Waals surface area contributed by atoms with Crippen molar-refractivity contribution >= 4 is 21.4 Å². The van der Waals surface area contributed by atoms with Crippen LogP contribution in [0, 0.1) is 0 Å². The van der Waals surface area contributed by atoms with Crippen LogP contribution in [0.25, 0.3) is 10.1 Å². The minimum atomic E-state index is 0.723. The topological polar surface area (TPSA) is 21.3 Å². The highest BCUT2D eigenvalue weighted by Gasteiger charge is 2.11. The van der Waals surface area contributed by atoms with Crippen LogP contribution in [0.5, 0.6) is 0 Å². The third kappa shape index (κ3) is 2.86. The Morgan fingerprint density at radius 2 is 2.06 bits per heavy atom. The van der Waals surface area contributed by atoms with E-state index in [1.54, 1.807) is 0 Å². The van der Waals surface area contributed by atoms with Gasteiger partial charge in [-0.3, -0.25) is 0 Å². The highest BCUT2D eigenvalue weighted by Crippen LogP contribution is 2.31. The van der Waals surface area contributed by atoms with Crippen LogP contribution in [0.3, 0.4) is 0 Å². The summed E-state index contributed by atoms with van der Waals surface area (Å²) in [6.45, 7) is 7.61. The van der Waals surface area contributed by atoms with Gasteiger partial charge in [-0.05, 0) is 24.9 Å². The van der Waals surface area contributed by atoms with E-state index in [9.17, 15) is 0 Å². The summed E-state index contributed by atoms with van der Waals surface area (Å²) in [6, 6.07) is 8.57. The van der Waals surface area contributed by atoms with E-state index in [1.807, 2.05) is 18.3 Å². The fraction of sp³-hybridized carbons (Fsp3) is 0.429. The van der Waals surface area contributed by atoms with Crippen molar-refractivity contribution in [2.45, 2.75) is 27.0 Å². The summed E-state index contributed by atoms with van der Waals surface area (Å²) in [6.07, 6.45) is 0. The number of hydrogen-bond donors (Lipinski definition) is 1. The fourth-order valence-corrected chi connectivity index (χ4v) is 3.07. The van der Waals surface area contributed by atoms with Gasteiger partial charge in [-0.25, -0.2) is 0 Å². The Bertz CT molecular complexity index is 478. The molecule has 2 rings (SSSR count). The van der Waals surface area contributed by atoms with Gasteiger partial charge in [0.05, 0.1) is 6.61 Å². The molecule has 0 aliphatic heterocycles. The smallest absolute Gasteiger partial charge is 0.0734 e. The lowest BCUT2D eigenvalue weighted by atomic mass is 10.1. The standard InChI is InChI=1S/C14H19NOS/c1-3-15-9-14-12(10-16-4-2)11-7-5-6-8-13(11)17-14/h5-8,15H,3-4,9-10H2,1-2H3. The van der Waals surface area contributed by atoms with Gasteiger partial charge < -0.3 is 10.1 Å². The van der Waals surface area contributed by atoms with E-state index in [0.717, 1.165) is 26.3 Å².